The molecule has 1 aromatic rings. The lowest BCUT2D eigenvalue weighted by Crippen LogP contribution is -2.42. The van der Waals surface area contributed by atoms with E-state index in [1.165, 1.54) is 12.1 Å². The van der Waals surface area contributed by atoms with Gasteiger partial charge in [0.15, 0.2) is 0 Å². The first-order chi connectivity index (χ1) is 10.7. The molecule has 5 nitrogen and oxygen atoms in total. The first-order valence-corrected chi connectivity index (χ1v) is 6.92. The molecule has 1 aliphatic heterocycles. The zero-order valence-electron chi connectivity index (χ0n) is 12.2. The van der Waals surface area contributed by atoms with Gasteiger partial charge in [0.2, 0.25) is 11.7 Å². The van der Waals surface area contributed by atoms with Crippen molar-refractivity contribution in [3.05, 3.63) is 35.6 Å². The van der Waals surface area contributed by atoms with Crippen molar-refractivity contribution in [1.29, 1.82) is 0 Å². The van der Waals surface area contributed by atoms with Crippen LogP contribution in [0.1, 0.15) is 18.4 Å². The van der Waals surface area contributed by atoms with E-state index in [4.69, 9.17) is 0 Å². The van der Waals surface area contributed by atoms with Gasteiger partial charge in [-0.3, -0.25) is 14.4 Å². The number of nitrogens with one attached hydrogen (secondary N) is 2. The van der Waals surface area contributed by atoms with Crippen LogP contribution in [0.2, 0.25) is 0 Å². The van der Waals surface area contributed by atoms with Crippen LogP contribution < -0.4 is 10.6 Å². The number of benzene rings is 1. The highest BCUT2D eigenvalue weighted by Gasteiger charge is 2.42. The van der Waals surface area contributed by atoms with E-state index in [-0.39, 0.29) is 6.54 Å². The van der Waals surface area contributed by atoms with Crippen molar-refractivity contribution in [1.82, 2.24) is 10.6 Å². The minimum Gasteiger partial charge on any atom is -0.355 e. The summed E-state index contributed by atoms with van der Waals surface area (Å²) in [6.45, 7) is -0.428. The van der Waals surface area contributed by atoms with E-state index in [1.54, 1.807) is 0 Å². The number of Topliss-reactive ketones (excluding diaryl/α,β-unsaturated/α-hetero) is 1. The molecule has 124 valence electrons. The normalized spacial score (nSPS) is 21.0. The van der Waals surface area contributed by atoms with Gasteiger partial charge < -0.3 is 10.6 Å². The highest BCUT2D eigenvalue weighted by molar-refractivity contribution is 6.38. The van der Waals surface area contributed by atoms with Crippen molar-refractivity contribution in [3.63, 3.8) is 0 Å². The fourth-order valence-corrected chi connectivity index (χ4v) is 2.41. The highest BCUT2D eigenvalue weighted by atomic mass is 19.3. The zero-order valence-corrected chi connectivity index (χ0v) is 12.2. The number of carbonyl (C=O) groups excluding carboxylic acids is 3. The van der Waals surface area contributed by atoms with Crippen LogP contribution in [-0.4, -0.2) is 36.6 Å². The van der Waals surface area contributed by atoms with E-state index in [0.29, 0.717) is 12.5 Å². The maximum absolute atomic E-state index is 13.0. The standard InChI is InChI=1S/C15H15F3N2O3/c1-15(17,18)7-20-14(23)12(21)10-6-19-13(22)11(10)8-2-4-9(16)5-3-8/h2-5,10-11H,6-7H2,1H3,(H,19,22)(H,20,23)/t10-,11+/m0/s1. The minimum atomic E-state index is -3.14. The number of hydrogen-bond acceptors (Lipinski definition) is 3. The largest absolute Gasteiger partial charge is 0.355 e. The van der Waals surface area contributed by atoms with Crippen LogP contribution in [0.25, 0.3) is 0 Å². The van der Waals surface area contributed by atoms with E-state index >= 15 is 0 Å². The molecular formula is C15H15F3N2O3. The van der Waals surface area contributed by atoms with Crippen molar-refractivity contribution in [2.75, 3.05) is 13.1 Å². The third kappa shape index (κ3) is 4.08. The molecule has 2 N–H and O–H groups in total. The molecule has 0 radical (unpaired) electrons. The molecule has 2 amide bonds. The second-order valence-electron chi connectivity index (χ2n) is 5.50. The summed E-state index contributed by atoms with van der Waals surface area (Å²) in [5.74, 6) is -8.20. The van der Waals surface area contributed by atoms with Gasteiger partial charge in [0.25, 0.3) is 11.8 Å². The second kappa shape index (κ2) is 6.39. The molecule has 1 fully saturated rings. The van der Waals surface area contributed by atoms with Crippen molar-refractivity contribution >= 4 is 17.6 Å². The molecular weight excluding hydrogens is 313 g/mol. The zero-order chi connectivity index (χ0) is 17.2. The van der Waals surface area contributed by atoms with Gasteiger partial charge in [-0.1, -0.05) is 12.1 Å². The summed E-state index contributed by atoms with van der Waals surface area (Å²) >= 11 is 0. The fraction of sp³-hybridized carbons (Fsp3) is 0.400. The molecule has 0 aliphatic carbocycles. The molecule has 2 atom stereocenters. The number of alkyl halides is 2. The molecule has 8 heteroatoms. The van der Waals surface area contributed by atoms with Crippen molar-refractivity contribution in [2.24, 2.45) is 5.92 Å². The van der Waals surface area contributed by atoms with Crippen LogP contribution in [0.4, 0.5) is 13.2 Å². The monoisotopic (exact) mass is 328 g/mol. The first-order valence-electron chi connectivity index (χ1n) is 6.92. The van der Waals surface area contributed by atoms with Crippen LogP contribution in [0.5, 0.6) is 0 Å². The Morgan fingerprint density at radius 3 is 2.48 bits per heavy atom. The van der Waals surface area contributed by atoms with E-state index in [2.05, 4.69) is 5.32 Å². The fourth-order valence-electron chi connectivity index (χ4n) is 2.41. The highest BCUT2D eigenvalue weighted by Crippen LogP contribution is 2.30. The SMILES string of the molecule is CC(F)(F)CNC(=O)C(=O)[C@H]1CNC(=O)[C@@H]1c1ccc(F)cc1. The molecule has 2 rings (SSSR count). The summed E-state index contributed by atoms with van der Waals surface area (Å²) in [4.78, 5) is 35.8. The molecule has 1 heterocycles. The lowest BCUT2D eigenvalue weighted by Gasteiger charge is -2.17. The molecule has 0 bridgehead atoms. The van der Waals surface area contributed by atoms with Crippen molar-refractivity contribution in [2.45, 2.75) is 18.8 Å². The Labute approximate surface area is 130 Å². The van der Waals surface area contributed by atoms with Crippen LogP contribution in [0, 0.1) is 11.7 Å². The maximum Gasteiger partial charge on any atom is 0.287 e. The molecule has 0 saturated carbocycles. The topological polar surface area (TPSA) is 75.3 Å². The Kier molecular flexibility index (Phi) is 4.72. The van der Waals surface area contributed by atoms with Gasteiger partial charge in [0.05, 0.1) is 18.4 Å². The van der Waals surface area contributed by atoms with Crippen LogP contribution in [0.3, 0.4) is 0 Å². The average Bonchev–Trinajstić information content (AvgIpc) is 2.86. The third-order valence-electron chi connectivity index (χ3n) is 3.53. The van der Waals surface area contributed by atoms with Crippen LogP contribution >= 0.6 is 0 Å². The lowest BCUT2D eigenvalue weighted by atomic mass is 9.85. The Morgan fingerprint density at radius 1 is 1.30 bits per heavy atom. The lowest BCUT2D eigenvalue weighted by molar-refractivity contribution is -0.141. The Balaban J connectivity index is 2.13. The molecule has 1 aromatic carbocycles. The van der Waals surface area contributed by atoms with Gasteiger partial charge in [0.1, 0.15) is 5.82 Å². The molecule has 0 unspecified atom stereocenters. The molecule has 1 saturated heterocycles. The number of hydrogen-bond donors (Lipinski definition) is 2. The number of rotatable bonds is 5. The van der Waals surface area contributed by atoms with Gasteiger partial charge >= 0.3 is 0 Å². The molecule has 0 spiro atoms. The summed E-state index contributed by atoms with van der Waals surface area (Å²) in [6, 6.07) is 4.98. The van der Waals surface area contributed by atoms with Gasteiger partial charge in [-0.25, -0.2) is 13.2 Å². The van der Waals surface area contributed by atoms with Gasteiger partial charge in [-0.05, 0) is 17.7 Å². The Hall–Kier alpha value is -2.38. The molecule has 23 heavy (non-hydrogen) atoms. The number of amides is 2. The van der Waals surface area contributed by atoms with Crippen LogP contribution in [0.15, 0.2) is 24.3 Å². The summed E-state index contributed by atoms with van der Waals surface area (Å²) < 4.78 is 38.4. The summed E-state index contributed by atoms with van der Waals surface area (Å²) in [5, 5.41) is 4.32. The average molecular weight is 328 g/mol. The smallest absolute Gasteiger partial charge is 0.287 e. The van der Waals surface area contributed by atoms with E-state index < -0.39 is 47.7 Å². The van der Waals surface area contributed by atoms with Crippen molar-refractivity contribution in [3.8, 4) is 0 Å². The molecule has 0 aromatic heterocycles. The van der Waals surface area contributed by atoms with E-state index in [0.717, 1.165) is 12.1 Å². The minimum absolute atomic E-state index is 0.0738. The van der Waals surface area contributed by atoms with Gasteiger partial charge in [-0.15, -0.1) is 0 Å². The third-order valence-corrected chi connectivity index (χ3v) is 3.53. The second-order valence-corrected chi connectivity index (χ2v) is 5.50. The number of carbonyl (C=O) groups is 3. The number of halogens is 3. The Morgan fingerprint density at radius 2 is 1.91 bits per heavy atom. The van der Waals surface area contributed by atoms with E-state index in [9.17, 15) is 27.6 Å². The predicted molar refractivity (Wildman–Crippen MR) is 74.3 cm³/mol. The summed E-state index contributed by atoms with van der Waals surface area (Å²) in [5.41, 5.74) is 0.383. The maximum atomic E-state index is 13.0. The summed E-state index contributed by atoms with van der Waals surface area (Å²) in [6.07, 6.45) is 0. The van der Waals surface area contributed by atoms with Gasteiger partial charge in [0, 0.05) is 13.5 Å². The van der Waals surface area contributed by atoms with Gasteiger partial charge in [-0.2, -0.15) is 0 Å². The summed E-state index contributed by atoms with van der Waals surface area (Å²) in [7, 11) is 0. The molecule has 1 aliphatic rings. The van der Waals surface area contributed by atoms with Crippen molar-refractivity contribution < 1.29 is 27.6 Å². The predicted octanol–water partition coefficient (Wildman–Crippen LogP) is 0.996. The quantitative estimate of drug-likeness (QED) is 0.792. The number of ketones is 1. The first kappa shape index (κ1) is 17.0. The van der Waals surface area contributed by atoms with E-state index in [1.807, 2.05) is 5.32 Å². The van der Waals surface area contributed by atoms with Crippen LogP contribution in [-0.2, 0) is 14.4 Å². The Bertz CT molecular complexity index is 626.